The number of Topliss-reactive ketones (excluding diaryl/α,β-unsaturated/α-hetero) is 1. The molecule has 0 saturated heterocycles. The van der Waals surface area contributed by atoms with Gasteiger partial charge in [0.1, 0.15) is 24.6 Å². The van der Waals surface area contributed by atoms with Crippen LogP contribution in [0.3, 0.4) is 0 Å². The fourth-order valence-electron chi connectivity index (χ4n) is 2.81. The van der Waals surface area contributed by atoms with Gasteiger partial charge in [-0.2, -0.15) is 0 Å². The lowest BCUT2D eigenvalue weighted by Gasteiger charge is -2.21. The van der Waals surface area contributed by atoms with Crippen molar-refractivity contribution in [3.05, 3.63) is 79.1 Å². The maximum atomic E-state index is 12.4. The van der Waals surface area contributed by atoms with E-state index in [0.29, 0.717) is 16.9 Å². The quantitative estimate of drug-likeness (QED) is 0.323. The van der Waals surface area contributed by atoms with Crippen LogP contribution in [0.4, 0.5) is 0 Å². The maximum Gasteiger partial charge on any atom is 0.310 e. The highest BCUT2D eigenvalue weighted by Gasteiger charge is 2.30. The Hall–Kier alpha value is -3.19. The van der Waals surface area contributed by atoms with Gasteiger partial charge in [0.05, 0.1) is 12.3 Å². The summed E-state index contributed by atoms with van der Waals surface area (Å²) >= 11 is 0. The van der Waals surface area contributed by atoms with Crippen molar-refractivity contribution in [1.82, 2.24) is 0 Å². The molecule has 7 heteroatoms. The van der Waals surface area contributed by atoms with E-state index >= 15 is 0 Å². The molecule has 2 rings (SSSR count). The molecule has 0 bridgehead atoms. The number of rotatable bonds is 11. The molecule has 0 heterocycles. The van der Waals surface area contributed by atoms with Gasteiger partial charge >= 0.3 is 11.9 Å². The van der Waals surface area contributed by atoms with Crippen molar-refractivity contribution in [2.75, 3.05) is 13.2 Å². The van der Waals surface area contributed by atoms with Gasteiger partial charge in [0.15, 0.2) is 5.78 Å². The van der Waals surface area contributed by atoms with Gasteiger partial charge < -0.3 is 19.7 Å². The van der Waals surface area contributed by atoms with Crippen LogP contribution in [0.2, 0.25) is 0 Å². The molecular weight excluding hydrogens is 400 g/mol. The lowest BCUT2D eigenvalue weighted by Crippen LogP contribution is -2.31. The number of esters is 1. The molecule has 3 radical (unpaired) electrons. The summed E-state index contributed by atoms with van der Waals surface area (Å²) in [6.45, 7) is 8.80. The van der Waals surface area contributed by atoms with Crippen LogP contribution >= 0.6 is 0 Å². The molecule has 0 aliphatic carbocycles. The summed E-state index contributed by atoms with van der Waals surface area (Å²) in [4.78, 5) is 35.5. The van der Waals surface area contributed by atoms with Gasteiger partial charge in [0, 0.05) is 11.5 Å². The average Bonchev–Trinajstić information content (AvgIpc) is 2.74. The minimum absolute atomic E-state index is 0.0187. The van der Waals surface area contributed by atoms with Crippen molar-refractivity contribution in [3.8, 4) is 5.75 Å². The first-order valence-corrected chi connectivity index (χ1v) is 9.64. The first-order chi connectivity index (χ1) is 14.6. The SMILES string of the molecule is [CH]C(c1ccccc1)C([CH]C(=O)O)C(=O)OCCOc1ccc(C(=O)C(C)(C)O)cc1. The van der Waals surface area contributed by atoms with Gasteiger partial charge in [-0.3, -0.25) is 14.4 Å². The first kappa shape index (κ1) is 24.1. The molecule has 0 aliphatic rings. The van der Waals surface area contributed by atoms with E-state index in [9.17, 15) is 19.5 Å². The van der Waals surface area contributed by atoms with Crippen molar-refractivity contribution in [2.45, 2.75) is 25.4 Å². The molecule has 0 spiro atoms. The zero-order valence-corrected chi connectivity index (χ0v) is 17.4. The van der Waals surface area contributed by atoms with Crippen LogP contribution in [0.25, 0.3) is 0 Å². The van der Waals surface area contributed by atoms with E-state index in [4.69, 9.17) is 21.5 Å². The highest BCUT2D eigenvalue weighted by molar-refractivity contribution is 6.01. The average molecular weight is 425 g/mol. The van der Waals surface area contributed by atoms with Crippen molar-refractivity contribution in [3.63, 3.8) is 0 Å². The number of carboxylic acids is 1. The molecule has 0 saturated carbocycles. The second kappa shape index (κ2) is 10.7. The molecule has 163 valence electrons. The third-order valence-corrected chi connectivity index (χ3v) is 4.43. The van der Waals surface area contributed by atoms with Gasteiger partial charge in [-0.1, -0.05) is 30.3 Å². The van der Waals surface area contributed by atoms with Gasteiger partial charge in [-0.15, -0.1) is 0 Å². The lowest BCUT2D eigenvalue weighted by molar-refractivity contribution is -0.150. The molecule has 0 fully saturated rings. The van der Waals surface area contributed by atoms with Gasteiger partial charge in [-0.25, -0.2) is 0 Å². The fraction of sp³-hybridized carbons (Fsp3) is 0.292. The second-order valence-corrected chi connectivity index (χ2v) is 7.40. The molecule has 2 aromatic rings. The highest BCUT2D eigenvalue weighted by Crippen LogP contribution is 2.27. The van der Waals surface area contributed by atoms with Gasteiger partial charge in [-0.05, 0) is 50.6 Å². The number of aliphatic hydroxyl groups is 1. The molecule has 0 aromatic heterocycles. The van der Waals surface area contributed by atoms with Crippen LogP contribution in [0.1, 0.15) is 35.7 Å². The smallest absolute Gasteiger partial charge is 0.310 e. The molecule has 2 atom stereocenters. The van der Waals surface area contributed by atoms with Crippen molar-refractivity contribution >= 4 is 17.7 Å². The predicted molar refractivity (Wildman–Crippen MR) is 112 cm³/mol. The topological polar surface area (TPSA) is 110 Å². The minimum atomic E-state index is -1.47. The lowest BCUT2D eigenvalue weighted by atomic mass is 9.85. The van der Waals surface area contributed by atoms with Crippen LogP contribution in [0.15, 0.2) is 54.6 Å². The summed E-state index contributed by atoms with van der Waals surface area (Å²) in [7, 11) is 0. The third-order valence-electron chi connectivity index (χ3n) is 4.43. The van der Waals surface area contributed by atoms with Crippen LogP contribution in [-0.4, -0.2) is 46.7 Å². The Morgan fingerprint density at radius 3 is 2.19 bits per heavy atom. The van der Waals surface area contributed by atoms with Crippen LogP contribution < -0.4 is 4.74 Å². The molecule has 0 aliphatic heterocycles. The summed E-state index contributed by atoms with van der Waals surface area (Å²) in [5, 5.41) is 18.8. The number of hydrogen-bond acceptors (Lipinski definition) is 6. The number of ether oxygens (including phenoxy) is 2. The summed E-state index contributed by atoms with van der Waals surface area (Å²) in [6.07, 6.45) is 0.819. The van der Waals surface area contributed by atoms with E-state index in [1.807, 2.05) is 0 Å². The van der Waals surface area contributed by atoms with Gasteiger partial charge in [0.2, 0.25) is 0 Å². The zero-order valence-electron chi connectivity index (χ0n) is 17.4. The van der Waals surface area contributed by atoms with Crippen LogP contribution in [0, 0.1) is 19.3 Å². The molecule has 0 amide bonds. The van der Waals surface area contributed by atoms with Crippen molar-refractivity contribution in [1.29, 1.82) is 0 Å². The van der Waals surface area contributed by atoms with E-state index < -0.39 is 35.2 Å². The van der Waals surface area contributed by atoms with E-state index in [-0.39, 0.29) is 13.2 Å². The van der Waals surface area contributed by atoms with Crippen LogP contribution in [0.5, 0.6) is 5.75 Å². The summed E-state index contributed by atoms with van der Waals surface area (Å²) in [5.41, 5.74) is -0.521. The van der Waals surface area contributed by atoms with Crippen molar-refractivity contribution < 1.29 is 34.1 Å². The number of benzene rings is 2. The summed E-state index contributed by atoms with van der Waals surface area (Å²) in [5.74, 6) is -4.04. The molecule has 7 nitrogen and oxygen atoms in total. The number of hydrogen-bond donors (Lipinski definition) is 2. The number of ketones is 1. The first-order valence-electron chi connectivity index (χ1n) is 9.64. The molecular formula is C24H25O7. The predicted octanol–water partition coefficient (Wildman–Crippen LogP) is 2.96. The zero-order chi connectivity index (χ0) is 23.0. The van der Waals surface area contributed by atoms with Crippen molar-refractivity contribution in [2.24, 2.45) is 5.92 Å². The molecule has 31 heavy (non-hydrogen) atoms. The van der Waals surface area contributed by atoms with E-state index in [1.165, 1.54) is 26.0 Å². The van der Waals surface area contributed by atoms with Crippen LogP contribution in [-0.2, 0) is 14.3 Å². The summed E-state index contributed by atoms with van der Waals surface area (Å²) < 4.78 is 10.6. The monoisotopic (exact) mass is 425 g/mol. The molecule has 2 aromatic carbocycles. The fourth-order valence-corrected chi connectivity index (χ4v) is 2.81. The van der Waals surface area contributed by atoms with E-state index in [1.54, 1.807) is 42.5 Å². The number of aliphatic carboxylic acids is 1. The number of carbonyl (C=O) groups is 3. The Labute approximate surface area is 181 Å². The Morgan fingerprint density at radius 2 is 1.65 bits per heavy atom. The van der Waals surface area contributed by atoms with E-state index in [2.05, 4.69) is 0 Å². The standard InChI is InChI=1S/C24H25O7/c1-16(17-7-5-4-6-8-17)20(15-21(25)26)23(28)31-14-13-30-19-11-9-18(10-12-19)22(27)24(2,3)29/h1,4-12,15-16,20,29H,13-14H2,2-3H3,(H,25,26). The van der Waals surface area contributed by atoms with Gasteiger partial charge in [0.25, 0.3) is 0 Å². The molecule has 2 unspecified atom stereocenters. The minimum Gasteiger partial charge on any atom is -0.490 e. The highest BCUT2D eigenvalue weighted by atomic mass is 16.6. The Bertz CT molecular complexity index is 882. The second-order valence-electron chi connectivity index (χ2n) is 7.40. The number of carboxylic acid groups (broad SMARTS) is 1. The Balaban J connectivity index is 1.89. The summed E-state index contributed by atoms with van der Waals surface area (Å²) in [6, 6.07) is 14.9. The third kappa shape index (κ3) is 7.22. The maximum absolute atomic E-state index is 12.4. The number of carbonyl (C=O) groups excluding carboxylic acids is 2. The molecule has 2 N–H and O–H groups in total. The Morgan fingerprint density at radius 1 is 1.03 bits per heavy atom. The van der Waals surface area contributed by atoms with E-state index in [0.717, 1.165) is 6.42 Å². The normalized spacial score (nSPS) is 13.2. The Kier molecular flexibility index (Phi) is 8.33. The largest absolute Gasteiger partial charge is 0.490 e.